The van der Waals surface area contributed by atoms with Gasteiger partial charge in [0.25, 0.3) is 0 Å². The number of carbonyl (C=O) groups excluding carboxylic acids is 2. The lowest BCUT2D eigenvalue weighted by Gasteiger charge is -2.30. The number of halogens is 1. The van der Waals surface area contributed by atoms with Crippen LogP contribution in [0.4, 0.5) is 4.79 Å². The fourth-order valence-electron chi connectivity index (χ4n) is 3.31. The average Bonchev–Trinajstić information content (AvgIpc) is 2.78. The predicted molar refractivity (Wildman–Crippen MR) is 122 cm³/mol. The van der Waals surface area contributed by atoms with E-state index in [1.165, 1.54) is 4.90 Å². The van der Waals surface area contributed by atoms with E-state index < -0.39 is 36.7 Å². The Balaban J connectivity index is 0.00000544. The highest BCUT2D eigenvalue weighted by Crippen LogP contribution is 2.10. The monoisotopic (exact) mass is 486 g/mol. The maximum Gasteiger partial charge on any atom is 0.407 e. The lowest BCUT2D eigenvalue weighted by Crippen LogP contribution is -2.54. The van der Waals surface area contributed by atoms with Crippen LogP contribution in [0, 0.1) is 5.41 Å². The molecule has 1 aromatic carbocycles. The fraction of sp³-hybridized carbons (Fsp3) is 0.500. The molecule has 12 nitrogen and oxygen atoms in total. The summed E-state index contributed by atoms with van der Waals surface area (Å²) in [7, 11) is 0. The zero-order chi connectivity index (χ0) is 23.7. The number of benzene rings is 1. The van der Waals surface area contributed by atoms with E-state index in [4.69, 9.17) is 16.2 Å². The van der Waals surface area contributed by atoms with Crippen LogP contribution in [0.3, 0.4) is 0 Å². The smallest absolute Gasteiger partial charge is 0.407 e. The van der Waals surface area contributed by atoms with Crippen LogP contribution in [0.15, 0.2) is 24.3 Å². The first-order chi connectivity index (χ1) is 15.2. The number of hydrogen-bond donors (Lipinski definition) is 8. The van der Waals surface area contributed by atoms with Gasteiger partial charge >= 0.3 is 6.09 Å². The Bertz CT molecular complexity index is 816. The van der Waals surface area contributed by atoms with Crippen molar-refractivity contribution >= 4 is 36.2 Å². The lowest BCUT2D eigenvalue weighted by molar-refractivity contribution is -0.130. The van der Waals surface area contributed by atoms with Crippen LogP contribution in [0.25, 0.3) is 0 Å². The van der Waals surface area contributed by atoms with Crippen molar-refractivity contribution in [2.45, 2.75) is 37.6 Å². The van der Waals surface area contributed by atoms with Crippen LogP contribution < -0.4 is 21.7 Å². The predicted octanol–water partition coefficient (Wildman–Crippen LogP) is -1.42. The van der Waals surface area contributed by atoms with Crippen molar-refractivity contribution in [3.8, 4) is 0 Å². The van der Waals surface area contributed by atoms with E-state index in [1.807, 2.05) is 0 Å². The third kappa shape index (κ3) is 8.85. The minimum atomic E-state index is -1.38. The van der Waals surface area contributed by atoms with E-state index in [-0.39, 0.29) is 37.4 Å². The molecule has 1 aliphatic heterocycles. The maximum atomic E-state index is 12.5. The van der Waals surface area contributed by atoms with Crippen LogP contribution in [0.5, 0.6) is 0 Å². The molecule has 0 aromatic heterocycles. The summed E-state index contributed by atoms with van der Waals surface area (Å²) in [5.41, 5.74) is 6.73. The zero-order valence-electron chi connectivity index (χ0n) is 18.0. The number of nitrogen functional groups attached to an aromatic ring is 1. The van der Waals surface area contributed by atoms with E-state index in [2.05, 4.69) is 16.0 Å². The Kier molecular flexibility index (Phi) is 11.6. The highest BCUT2D eigenvalue weighted by molar-refractivity contribution is 5.94. The van der Waals surface area contributed by atoms with Gasteiger partial charge in [-0.1, -0.05) is 24.3 Å². The van der Waals surface area contributed by atoms with Gasteiger partial charge in [0, 0.05) is 31.2 Å². The minimum Gasteiger partial charge on any atom is -0.465 e. The number of amides is 3. The number of amidine groups is 1. The molecule has 1 saturated heterocycles. The number of hydrogen-bond acceptors (Lipinski definition) is 7. The van der Waals surface area contributed by atoms with Gasteiger partial charge in [0.1, 0.15) is 18.0 Å². The number of aliphatic hydroxyl groups is 2. The van der Waals surface area contributed by atoms with Crippen molar-refractivity contribution in [1.29, 1.82) is 5.41 Å². The molecule has 184 valence electrons. The van der Waals surface area contributed by atoms with Gasteiger partial charge in [-0.25, -0.2) is 4.79 Å². The van der Waals surface area contributed by atoms with Crippen LogP contribution in [0.1, 0.15) is 24.0 Å². The molecule has 1 heterocycles. The summed E-state index contributed by atoms with van der Waals surface area (Å²) in [4.78, 5) is 36.8. The van der Waals surface area contributed by atoms with Crippen molar-refractivity contribution < 1.29 is 29.7 Å². The Labute approximate surface area is 197 Å². The van der Waals surface area contributed by atoms with Gasteiger partial charge < -0.3 is 36.6 Å². The van der Waals surface area contributed by atoms with E-state index in [0.29, 0.717) is 31.5 Å². The highest BCUT2D eigenvalue weighted by atomic mass is 35.5. The molecule has 1 aliphatic rings. The third-order valence-electron chi connectivity index (χ3n) is 5.20. The molecule has 3 amide bonds. The molecule has 33 heavy (non-hydrogen) atoms. The van der Waals surface area contributed by atoms with E-state index >= 15 is 0 Å². The molecule has 0 spiro atoms. The highest BCUT2D eigenvalue weighted by Gasteiger charge is 2.27. The third-order valence-corrected chi connectivity index (χ3v) is 5.20. The Hall–Kier alpha value is -2.93. The second kappa shape index (κ2) is 13.6. The molecule has 2 atom stereocenters. The van der Waals surface area contributed by atoms with Crippen molar-refractivity contribution in [2.24, 2.45) is 5.73 Å². The molecule has 0 aliphatic carbocycles. The molecule has 13 heteroatoms. The molecule has 2 rings (SSSR count). The number of nitrogens with zero attached hydrogens (tertiary/aromatic N) is 1. The minimum absolute atomic E-state index is 0. The summed E-state index contributed by atoms with van der Waals surface area (Å²) >= 11 is 0. The maximum absolute atomic E-state index is 12.5. The van der Waals surface area contributed by atoms with Crippen LogP contribution in [-0.4, -0.2) is 88.4 Å². The number of nitrogens with two attached hydrogens (primary N) is 1. The summed E-state index contributed by atoms with van der Waals surface area (Å²) in [5, 5.41) is 43.7. The number of piperidine rings is 1. The van der Waals surface area contributed by atoms with Gasteiger partial charge in [0.05, 0.1) is 13.2 Å². The van der Waals surface area contributed by atoms with Gasteiger partial charge in [0.15, 0.2) is 0 Å². The summed E-state index contributed by atoms with van der Waals surface area (Å²) < 4.78 is 0. The summed E-state index contributed by atoms with van der Waals surface area (Å²) in [6, 6.07) is 5.41. The molecule has 1 fully saturated rings. The van der Waals surface area contributed by atoms with E-state index in [1.54, 1.807) is 24.3 Å². The van der Waals surface area contributed by atoms with Gasteiger partial charge in [-0.3, -0.25) is 20.3 Å². The normalized spacial score (nSPS) is 15.6. The number of rotatable bonds is 10. The lowest BCUT2D eigenvalue weighted by atomic mass is 10.1. The van der Waals surface area contributed by atoms with Crippen LogP contribution >= 0.6 is 12.4 Å². The number of carboxylic acid groups (broad SMARTS) is 1. The molecule has 9 N–H and O–H groups in total. The van der Waals surface area contributed by atoms with Crippen molar-refractivity contribution in [3.05, 3.63) is 35.4 Å². The quantitative estimate of drug-likeness (QED) is 0.145. The fourth-order valence-corrected chi connectivity index (χ4v) is 3.31. The average molecular weight is 487 g/mol. The van der Waals surface area contributed by atoms with Crippen molar-refractivity contribution in [1.82, 2.24) is 20.9 Å². The van der Waals surface area contributed by atoms with E-state index in [9.17, 15) is 24.6 Å². The Morgan fingerprint density at radius 2 is 1.79 bits per heavy atom. The van der Waals surface area contributed by atoms with Crippen molar-refractivity contribution in [3.63, 3.8) is 0 Å². The molecule has 0 radical (unpaired) electrons. The van der Waals surface area contributed by atoms with Gasteiger partial charge in [-0.2, -0.15) is 0 Å². The molecule has 2 unspecified atom stereocenters. The largest absolute Gasteiger partial charge is 0.465 e. The first kappa shape index (κ1) is 28.1. The van der Waals surface area contributed by atoms with Gasteiger partial charge in [-0.15, -0.1) is 12.4 Å². The second-order valence-electron chi connectivity index (χ2n) is 7.55. The molecule has 1 aromatic rings. The summed E-state index contributed by atoms with van der Waals surface area (Å²) in [5.74, 6) is -1.14. The second-order valence-corrected chi connectivity index (χ2v) is 7.55. The first-order valence-corrected chi connectivity index (χ1v) is 10.2. The number of aliphatic hydroxyl groups excluding tert-OH is 2. The molecule has 0 bridgehead atoms. The SMILES string of the molecule is Cl.N=C(N)c1ccc(CNC(C(=O)NCC(=O)NC2CCN(C(=O)O)CC2)C(O)CO)cc1. The standard InChI is InChI=1S/C20H30N6O6.ClH/c21-18(22)13-3-1-12(2-4-13)9-23-17(15(28)11-27)19(30)24-10-16(29)25-14-5-7-26(8-6-14)20(31)32;/h1-4,14-15,17,23,27-28H,5-11H2,(H3,21,22)(H,24,30)(H,25,29)(H,31,32);1H. The van der Waals surface area contributed by atoms with Gasteiger partial charge in [0.2, 0.25) is 11.8 Å². The van der Waals surface area contributed by atoms with E-state index in [0.717, 1.165) is 5.56 Å². The zero-order valence-corrected chi connectivity index (χ0v) is 18.8. The topological polar surface area (TPSA) is 201 Å². The van der Waals surface area contributed by atoms with Crippen LogP contribution in [0.2, 0.25) is 0 Å². The first-order valence-electron chi connectivity index (χ1n) is 10.2. The number of nitrogens with one attached hydrogen (secondary N) is 4. The summed E-state index contributed by atoms with van der Waals surface area (Å²) in [6.45, 7) is -0.116. The Morgan fingerprint density at radius 3 is 2.30 bits per heavy atom. The Morgan fingerprint density at radius 1 is 1.18 bits per heavy atom. The van der Waals surface area contributed by atoms with Crippen molar-refractivity contribution in [2.75, 3.05) is 26.2 Å². The van der Waals surface area contributed by atoms with Crippen LogP contribution in [-0.2, 0) is 16.1 Å². The molecule has 0 saturated carbocycles. The summed E-state index contributed by atoms with van der Waals surface area (Å²) in [6.07, 6.45) is -1.39. The molecular weight excluding hydrogens is 456 g/mol. The number of likely N-dealkylation sites (tertiary alicyclic amines) is 1. The number of carbonyl (C=O) groups is 3. The van der Waals surface area contributed by atoms with Gasteiger partial charge in [-0.05, 0) is 18.4 Å². The molecular formula is C20H31ClN6O6.